The Morgan fingerprint density at radius 3 is 2.12 bits per heavy atom. The zero-order chi connectivity index (χ0) is 18.8. The molecule has 0 aromatic heterocycles. The molecule has 3 rings (SSSR count). The molecule has 3 aromatic carbocycles. The number of nitro benzene ring substituents is 1. The Labute approximate surface area is 158 Å². The molecule has 132 valence electrons. The van der Waals surface area contributed by atoms with Gasteiger partial charge < -0.3 is 0 Å². The first-order chi connectivity index (χ1) is 12.4. The molecule has 0 saturated heterocycles. The molecule has 26 heavy (non-hydrogen) atoms. The first kappa shape index (κ1) is 18.2. The summed E-state index contributed by atoms with van der Waals surface area (Å²) in [6.45, 7) is 6.23. The van der Waals surface area contributed by atoms with Crippen LogP contribution >= 0.6 is 11.6 Å². The topological polar surface area (TPSA) is 43.1 Å². The summed E-state index contributed by atoms with van der Waals surface area (Å²) in [5, 5.41) is 11.8. The fraction of sp³-hybridized carbons (Fsp3) is 0.182. The Balaban J connectivity index is 2.31. The molecule has 1 atom stereocenters. The molecule has 0 spiro atoms. The Hall–Kier alpha value is -2.65. The van der Waals surface area contributed by atoms with Gasteiger partial charge in [0.05, 0.1) is 4.92 Å². The first-order valence-electron chi connectivity index (χ1n) is 8.45. The van der Waals surface area contributed by atoms with Gasteiger partial charge in [0, 0.05) is 23.1 Å². The predicted octanol–water partition coefficient (Wildman–Crippen LogP) is 6.35. The van der Waals surface area contributed by atoms with Gasteiger partial charge in [0.2, 0.25) is 0 Å². The van der Waals surface area contributed by atoms with Crippen molar-refractivity contribution in [2.45, 2.75) is 26.7 Å². The monoisotopic (exact) mass is 365 g/mol. The maximum Gasteiger partial charge on any atom is 0.269 e. The van der Waals surface area contributed by atoms with E-state index in [9.17, 15) is 10.1 Å². The SMILES string of the molecule is Cc1cc(C)c(C(c2ccccc2)c2cc([N+](=O)[O-])ccc2Cl)c(C)c1. The molecule has 0 aliphatic rings. The van der Waals surface area contributed by atoms with Gasteiger partial charge in [0.1, 0.15) is 0 Å². The summed E-state index contributed by atoms with van der Waals surface area (Å²) in [5.41, 5.74) is 6.50. The van der Waals surface area contributed by atoms with E-state index in [1.54, 1.807) is 12.1 Å². The summed E-state index contributed by atoms with van der Waals surface area (Å²) in [6, 6.07) is 18.9. The largest absolute Gasteiger partial charge is 0.269 e. The second-order valence-electron chi connectivity index (χ2n) is 6.62. The van der Waals surface area contributed by atoms with Crippen molar-refractivity contribution >= 4 is 17.3 Å². The zero-order valence-electron chi connectivity index (χ0n) is 15.0. The number of rotatable bonds is 4. The normalized spacial score (nSPS) is 12.0. The minimum atomic E-state index is -0.378. The summed E-state index contributed by atoms with van der Waals surface area (Å²) < 4.78 is 0. The van der Waals surface area contributed by atoms with Gasteiger partial charge in [-0.15, -0.1) is 0 Å². The van der Waals surface area contributed by atoms with Gasteiger partial charge in [-0.2, -0.15) is 0 Å². The lowest BCUT2D eigenvalue weighted by molar-refractivity contribution is -0.384. The predicted molar refractivity (Wildman–Crippen MR) is 106 cm³/mol. The second-order valence-corrected chi connectivity index (χ2v) is 7.03. The maximum absolute atomic E-state index is 11.3. The molecule has 0 fully saturated rings. The van der Waals surface area contributed by atoms with Gasteiger partial charge in [0.15, 0.2) is 0 Å². The van der Waals surface area contributed by atoms with E-state index in [0.29, 0.717) is 5.02 Å². The molecule has 0 aliphatic carbocycles. The highest BCUT2D eigenvalue weighted by Gasteiger charge is 2.25. The van der Waals surface area contributed by atoms with Gasteiger partial charge in [0.25, 0.3) is 5.69 Å². The van der Waals surface area contributed by atoms with Crippen LogP contribution in [0.25, 0.3) is 0 Å². The van der Waals surface area contributed by atoms with E-state index < -0.39 is 0 Å². The van der Waals surface area contributed by atoms with E-state index in [0.717, 1.165) is 27.8 Å². The zero-order valence-corrected chi connectivity index (χ0v) is 15.7. The number of aryl methyl sites for hydroxylation is 3. The highest BCUT2D eigenvalue weighted by Crippen LogP contribution is 2.40. The molecule has 0 saturated carbocycles. The fourth-order valence-corrected chi connectivity index (χ4v) is 3.89. The van der Waals surface area contributed by atoms with Crippen LogP contribution in [-0.2, 0) is 0 Å². The van der Waals surface area contributed by atoms with E-state index in [-0.39, 0.29) is 16.5 Å². The average Bonchev–Trinajstić information content (AvgIpc) is 2.59. The van der Waals surface area contributed by atoms with Gasteiger partial charge in [-0.1, -0.05) is 59.6 Å². The van der Waals surface area contributed by atoms with Gasteiger partial charge in [-0.05, 0) is 54.7 Å². The fourth-order valence-electron chi connectivity index (χ4n) is 3.66. The van der Waals surface area contributed by atoms with Crippen LogP contribution < -0.4 is 0 Å². The minimum absolute atomic E-state index is 0.0488. The number of nitro groups is 1. The standard InChI is InChI=1S/C22H20ClNO2/c1-14-11-15(2)21(16(3)12-14)22(17-7-5-4-6-8-17)19-13-18(24(25)26)9-10-20(19)23/h4-13,22H,1-3H3. The number of halogens is 1. The number of nitrogens with zero attached hydrogens (tertiary/aromatic N) is 1. The van der Waals surface area contributed by atoms with Crippen LogP contribution in [0.1, 0.15) is 39.3 Å². The Bertz CT molecular complexity index is 944. The molecule has 0 aliphatic heterocycles. The molecule has 0 N–H and O–H groups in total. The van der Waals surface area contributed by atoms with Crippen molar-refractivity contribution < 1.29 is 4.92 Å². The van der Waals surface area contributed by atoms with Crippen LogP contribution in [0.3, 0.4) is 0 Å². The van der Waals surface area contributed by atoms with Crippen molar-refractivity contribution in [3.63, 3.8) is 0 Å². The molecule has 3 aromatic rings. The Morgan fingerprint density at radius 1 is 0.923 bits per heavy atom. The summed E-state index contributed by atoms with van der Waals surface area (Å²) in [6.07, 6.45) is 0. The first-order valence-corrected chi connectivity index (χ1v) is 8.83. The summed E-state index contributed by atoms with van der Waals surface area (Å²) in [5.74, 6) is -0.163. The highest BCUT2D eigenvalue weighted by molar-refractivity contribution is 6.31. The van der Waals surface area contributed by atoms with Crippen LogP contribution in [-0.4, -0.2) is 4.92 Å². The molecular formula is C22H20ClNO2. The van der Waals surface area contributed by atoms with Gasteiger partial charge in [-0.25, -0.2) is 0 Å². The van der Waals surface area contributed by atoms with E-state index in [4.69, 9.17) is 11.6 Å². The van der Waals surface area contributed by atoms with Crippen molar-refractivity contribution in [2.24, 2.45) is 0 Å². The maximum atomic E-state index is 11.3. The summed E-state index contributed by atoms with van der Waals surface area (Å²) >= 11 is 6.51. The second kappa shape index (κ2) is 7.30. The Morgan fingerprint density at radius 2 is 1.54 bits per heavy atom. The number of hydrogen-bond donors (Lipinski definition) is 0. The quantitative estimate of drug-likeness (QED) is 0.307. The highest BCUT2D eigenvalue weighted by atomic mass is 35.5. The van der Waals surface area contributed by atoms with Crippen molar-refractivity contribution in [2.75, 3.05) is 0 Å². The minimum Gasteiger partial charge on any atom is -0.258 e. The van der Waals surface area contributed by atoms with Gasteiger partial charge >= 0.3 is 0 Å². The third kappa shape index (κ3) is 3.49. The lowest BCUT2D eigenvalue weighted by atomic mass is 9.80. The summed E-state index contributed by atoms with van der Waals surface area (Å²) in [4.78, 5) is 10.9. The van der Waals surface area contributed by atoms with Crippen LogP contribution in [0, 0.1) is 30.9 Å². The van der Waals surface area contributed by atoms with Crippen molar-refractivity contribution in [3.8, 4) is 0 Å². The average molecular weight is 366 g/mol. The van der Waals surface area contributed by atoms with E-state index in [1.165, 1.54) is 11.6 Å². The van der Waals surface area contributed by atoms with E-state index >= 15 is 0 Å². The molecule has 3 nitrogen and oxygen atoms in total. The van der Waals surface area contributed by atoms with Gasteiger partial charge in [-0.3, -0.25) is 10.1 Å². The van der Waals surface area contributed by atoms with E-state index in [1.807, 2.05) is 30.3 Å². The molecule has 0 bridgehead atoms. The number of benzene rings is 3. The lowest BCUT2D eigenvalue weighted by Gasteiger charge is -2.24. The molecule has 0 radical (unpaired) electrons. The molecular weight excluding hydrogens is 346 g/mol. The lowest BCUT2D eigenvalue weighted by Crippen LogP contribution is -2.09. The molecule has 4 heteroatoms. The smallest absolute Gasteiger partial charge is 0.258 e. The third-order valence-electron chi connectivity index (χ3n) is 4.66. The van der Waals surface area contributed by atoms with Crippen LogP contribution in [0.5, 0.6) is 0 Å². The van der Waals surface area contributed by atoms with Crippen molar-refractivity contribution in [1.29, 1.82) is 0 Å². The van der Waals surface area contributed by atoms with Crippen LogP contribution in [0.2, 0.25) is 5.02 Å². The molecule has 0 amide bonds. The Kier molecular flexibility index (Phi) is 5.10. The molecule has 1 unspecified atom stereocenters. The number of non-ortho nitro benzene ring substituents is 1. The number of hydrogen-bond acceptors (Lipinski definition) is 2. The molecule has 0 heterocycles. The third-order valence-corrected chi connectivity index (χ3v) is 5.01. The van der Waals surface area contributed by atoms with Crippen LogP contribution in [0.4, 0.5) is 5.69 Å². The summed E-state index contributed by atoms with van der Waals surface area (Å²) in [7, 11) is 0. The van der Waals surface area contributed by atoms with E-state index in [2.05, 4.69) is 32.9 Å². The van der Waals surface area contributed by atoms with Crippen molar-refractivity contribution in [3.05, 3.63) is 109 Å². The van der Waals surface area contributed by atoms with Crippen molar-refractivity contribution in [1.82, 2.24) is 0 Å². The van der Waals surface area contributed by atoms with Crippen LogP contribution in [0.15, 0.2) is 60.7 Å².